The van der Waals surface area contributed by atoms with E-state index in [0.29, 0.717) is 30.9 Å². The maximum atomic E-state index is 12.6. The minimum atomic E-state index is -0.728. The van der Waals surface area contributed by atoms with Crippen molar-refractivity contribution in [3.05, 3.63) is 30.0 Å². The summed E-state index contributed by atoms with van der Waals surface area (Å²) in [5.41, 5.74) is 1.22. The van der Waals surface area contributed by atoms with E-state index in [1.165, 1.54) is 6.92 Å². The number of carbonyl (C=O) groups is 3. The molecule has 3 rings (SSSR count). The van der Waals surface area contributed by atoms with Crippen LogP contribution in [-0.2, 0) is 25.5 Å². The average molecular weight is 374 g/mol. The Labute approximate surface area is 156 Å². The van der Waals surface area contributed by atoms with Gasteiger partial charge in [-0.3, -0.25) is 14.4 Å². The second-order valence-corrected chi connectivity index (χ2v) is 6.28. The molecule has 1 aliphatic rings. The lowest BCUT2D eigenvalue weighted by Crippen LogP contribution is -2.52. The molecular weight excluding hydrogens is 352 g/mol. The third-order valence-corrected chi connectivity index (χ3v) is 4.28. The third kappa shape index (κ3) is 4.82. The van der Waals surface area contributed by atoms with Gasteiger partial charge < -0.3 is 24.8 Å². The molecule has 0 spiro atoms. The first kappa shape index (κ1) is 18.8. The predicted molar refractivity (Wildman–Crippen MR) is 95.7 cm³/mol. The fourth-order valence-electron chi connectivity index (χ4n) is 2.89. The van der Waals surface area contributed by atoms with Crippen molar-refractivity contribution in [1.82, 2.24) is 20.7 Å². The number of hydrogen-bond donors (Lipinski definition) is 2. The zero-order chi connectivity index (χ0) is 19.2. The van der Waals surface area contributed by atoms with E-state index in [4.69, 9.17) is 9.26 Å². The molecule has 0 aliphatic carbocycles. The lowest BCUT2D eigenvalue weighted by molar-refractivity contribution is -0.146. The number of aromatic nitrogens is 1. The quantitative estimate of drug-likeness (QED) is 0.680. The highest BCUT2D eigenvalue weighted by atomic mass is 16.5. The first-order chi connectivity index (χ1) is 13.0. The van der Waals surface area contributed by atoms with E-state index in [2.05, 4.69) is 15.8 Å². The van der Waals surface area contributed by atoms with Crippen molar-refractivity contribution >= 4 is 28.7 Å². The maximum absolute atomic E-state index is 12.6. The van der Waals surface area contributed by atoms with Crippen LogP contribution >= 0.6 is 0 Å². The highest BCUT2D eigenvalue weighted by Crippen LogP contribution is 2.19. The van der Waals surface area contributed by atoms with Gasteiger partial charge >= 0.3 is 0 Å². The Morgan fingerprint density at radius 3 is 2.81 bits per heavy atom. The molecule has 1 aromatic carbocycles. The number of fused-ring (bicyclic) bond motifs is 1. The molecule has 9 nitrogen and oxygen atoms in total. The number of hydrogen-bond acceptors (Lipinski definition) is 6. The van der Waals surface area contributed by atoms with Crippen LogP contribution in [0, 0.1) is 0 Å². The van der Waals surface area contributed by atoms with E-state index in [9.17, 15) is 14.4 Å². The summed E-state index contributed by atoms with van der Waals surface area (Å²) in [7, 11) is 0. The normalized spacial score (nSPS) is 16.9. The third-order valence-electron chi connectivity index (χ3n) is 4.28. The summed E-state index contributed by atoms with van der Waals surface area (Å²) in [6.45, 7) is 2.94. The van der Waals surface area contributed by atoms with Crippen molar-refractivity contribution in [3.63, 3.8) is 0 Å². The summed E-state index contributed by atoms with van der Waals surface area (Å²) in [6, 6.07) is 7.37. The molecule has 0 bridgehead atoms. The highest BCUT2D eigenvalue weighted by Gasteiger charge is 2.29. The monoisotopic (exact) mass is 374 g/mol. The van der Waals surface area contributed by atoms with Gasteiger partial charge in [0.15, 0.2) is 11.7 Å². The zero-order valence-corrected chi connectivity index (χ0v) is 15.1. The van der Waals surface area contributed by atoms with Crippen LogP contribution in [0.2, 0.25) is 0 Å². The number of nitrogens with zero attached hydrogens (tertiary/aromatic N) is 2. The summed E-state index contributed by atoms with van der Waals surface area (Å²) in [5, 5.41) is 10.1. The Hall–Kier alpha value is -2.94. The summed E-state index contributed by atoms with van der Waals surface area (Å²) < 4.78 is 10.7. The van der Waals surface area contributed by atoms with Gasteiger partial charge in [-0.15, -0.1) is 0 Å². The van der Waals surface area contributed by atoms with Gasteiger partial charge in [-0.1, -0.05) is 17.3 Å². The Bertz CT molecular complexity index is 834. The molecule has 0 saturated carbocycles. The second kappa shape index (κ2) is 8.63. The minimum absolute atomic E-state index is 0.105. The molecule has 9 heteroatoms. The summed E-state index contributed by atoms with van der Waals surface area (Å²) in [5.74, 6) is -0.589. The summed E-state index contributed by atoms with van der Waals surface area (Å²) in [6.07, 6.45) is -0.623. The van der Waals surface area contributed by atoms with Crippen molar-refractivity contribution in [2.24, 2.45) is 0 Å². The standard InChI is InChI=1S/C18H22N4O5/c1-12(23)19-6-7-20-18(25)16-11-22(8-9-26-16)17(24)10-14-13-4-2-3-5-15(13)27-21-14/h2-5,16H,6-11H2,1H3,(H,19,23)(H,20,25). The fraction of sp³-hybridized carbons (Fsp3) is 0.444. The summed E-state index contributed by atoms with van der Waals surface area (Å²) >= 11 is 0. The molecule has 1 atom stereocenters. The van der Waals surface area contributed by atoms with Crippen molar-refractivity contribution in [3.8, 4) is 0 Å². The highest BCUT2D eigenvalue weighted by molar-refractivity contribution is 5.87. The molecule has 0 radical (unpaired) electrons. The molecule has 1 saturated heterocycles. The molecule has 3 amide bonds. The Balaban J connectivity index is 1.53. The second-order valence-electron chi connectivity index (χ2n) is 6.28. The fourth-order valence-corrected chi connectivity index (χ4v) is 2.89. The van der Waals surface area contributed by atoms with Crippen LogP contribution in [0.5, 0.6) is 0 Å². The lowest BCUT2D eigenvalue weighted by Gasteiger charge is -2.32. The van der Waals surface area contributed by atoms with Gasteiger partial charge in [0.1, 0.15) is 5.69 Å². The first-order valence-corrected chi connectivity index (χ1v) is 8.79. The molecule has 144 valence electrons. The average Bonchev–Trinajstić information content (AvgIpc) is 3.08. The SMILES string of the molecule is CC(=O)NCCNC(=O)C1CN(C(=O)Cc2noc3ccccc23)CCO1. The van der Waals surface area contributed by atoms with Crippen LogP contribution in [0.3, 0.4) is 0 Å². The van der Waals surface area contributed by atoms with Gasteiger partial charge in [-0.2, -0.15) is 0 Å². The molecule has 27 heavy (non-hydrogen) atoms. The molecule has 2 heterocycles. The number of para-hydroxylation sites is 1. The van der Waals surface area contributed by atoms with Crippen LogP contribution in [0.25, 0.3) is 11.0 Å². The van der Waals surface area contributed by atoms with Crippen LogP contribution in [0.4, 0.5) is 0 Å². The predicted octanol–water partition coefficient (Wildman–Crippen LogP) is -0.150. The van der Waals surface area contributed by atoms with Crippen molar-refractivity contribution < 1.29 is 23.6 Å². The smallest absolute Gasteiger partial charge is 0.251 e. The van der Waals surface area contributed by atoms with E-state index in [1.54, 1.807) is 11.0 Å². The number of carbonyl (C=O) groups excluding carboxylic acids is 3. The Morgan fingerprint density at radius 2 is 2.00 bits per heavy atom. The van der Waals surface area contributed by atoms with Crippen molar-refractivity contribution in [1.29, 1.82) is 0 Å². The largest absolute Gasteiger partial charge is 0.365 e. The molecular formula is C18H22N4O5. The molecule has 2 N–H and O–H groups in total. The minimum Gasteiger partial charge on any atom is -0.365 e. The Morgan fingerprint density at radius 1 is 1.22 bits per heavy atom. The van der Waals surface area contributed by atoms with E-state index in [0.717, 1.165) is 5.39 Å². The number of rotatable bonds is 6. The van der Waals surface area contributed by atoms with Crippen LogP contribution in [0.1, 0.15) is 12.6 Å². The van der Waals surface area contributed by atoms with Gasteiger partial charge in [0, 0.05) is 31.9 Å². The van der Waals surface area contributed by atoms with Crippen LogP contribution in [0.15, 0.2) is 28.8 Å². The van der Waals surface area contributed by atoms with Crippen LogP contribution in [-0.4, -0.2) is 66.7 Å². The van der Waals surface area contributed by atoms with E-state index in [1.807, 2.05) is 18.2 Å². The Kier molecular flexibility index (Phi) is 6.02. The van der Waals surface area contributed by atoms with Crippen molar-refractivity contribution in [2.75, 3.05) is 32.8 Å². The summed E-state index contributed by atoms with van der Waals surface area (Å²) in [4.78, 5) is 37.2. The van der Waals surface area contributed by atoms with E-state index in [-0.39, 0.29) is 37.3 Å². The van der Waals surface area contributed by atoms with Gasteiger partial charge in [-0.25, -0.2) is 0 Å². The molecule has 1 unspecified atom stereocenters. The van der Waals surface area contributed by atoms with Crippen LogP contribution < -0.4 is 10.6 Å². The van der Waals surface area contributed by atoms with Gasteiger partial charge in [0.2, 0.25) is 11.8 Å². The number of nitrogens with one attached hydrogen (secondary N) is 2. The maximum Gasteiger partial charge on any atom is 0.251 e. The van der Waals surface area contributed by atoms with Gasteiger partial charge in [0.05, 0.1) is 19.6 Å². The molecule has 2 aromatic rings. The van der Waals surface area contributed by atoms with Gasteiger partial charge in [-0.05, 0) is 12.1 Å². The van der Waals surface area contributed by atoms with E-state index < -0.39 is 6.10 Å². The van der Waals surface area contributed by atoms with Crippen molar-refractivity contribution in [2.45, 2.75) is 19.4 Å². The molecule has 1 aliphatic heterocycles. The number of benzene rings is 1. The van der Waals surface area contributed by atoms with E-state index >= 15 is 0 Å². The number of morpholine rings is 1. The van der Waals surface area contributed by atoms with Gasteiger partial charge in [0.25, 0.3) is 5.91 Å². The lowest BCUT2D eigenvalue weighted by atomic mass is 10.1. The first-order valence-electron chi connectivity index (χ1n) is 8.79. The molecule has 1 aromatic heterocycles. The molecule has 1 fully saturated rings. The number of ether oxygens (including phenoxy) is 1. The zero-order valence-electron chi connectivity index (χ0n) is 15.1. The topological polar surface area (TPSA) is 114 Å². The number of amides is 3.